The summed E-state index contributed by atoms with van der Waals surface area (Å²) in [6.07, 6.45) is 4.08. The molecule has 1 N–H and O–H groups in total. The number of aliphatic hydroxyl groups excluding tert-OH is 1. The summed E-state index contributed by atoms with van der Waals surface area (Å²) in [6, 6.07) is 5.49. The highest BCUT2D eigenvalue weighted by molar-refractivity contribution is 7.07. The normalized spacial score (nSPS) is 12.4. The Morgan fingerprint density at radius 3 is 2.92 bits per heavy atom. The summed E-state index contributed by atoms with van der Waals surface area (Å²) in [5, 5.41) is 20.2. The first-order valence-corrected chi connectivity index (χ1v) is 8.64. The second kappa shape index (κ2) is 7.50. The number of hydrogen-bond acceptors (Lipinski definition) is 6. The molecule has 0 aliphatic carbocycles. The van der Waals surface area contributed by atoms with Gasteiger partial charge in [-0.2, -0.15) is 0 Å². The lowest BCUT2D eigenvalue weighted by molar-refractivity contribution is 0.162. The van der Waals surface area contributed by atoms with Gasteiger partial charge in [-0.05, 0) is 31.9 Å². The van der Waals surface area contributed by atoms with E-state index in [1.165, 1.54) is 11.3 Å². The molecule has 0 fully saturated rings. The lowest BCUT2D eigenvalue weighted by Gasteiger charge is -2.08. The van der Waals surface area contributed by atoms with E-state index in [0.29, 0.717) is 31.6 Å². The average molecular weight is 345 g/mol. The van der Waals surface area contributed by atoms with E-state index in [1.54, 1.807) is 15.4 Å². The highest BCUT2D eigenvalue weighted by atomic mass is 32.1. The Bertz CT molecular complexity index is 840. The van der Waals surface area contributed by atoms with Crippen LogP contribution in [0.2, 0.25) is 0 Å². The zero-order valence-corrected chi connectivity index (χ0v) is 14.2. The third-order valence-corrected chi connectivity index (χ3v) is 4.70. The summed E-state index contributed by atoms with van der Waals surface area (Å²) >= 11 is 1.21. The highest BCUT2D eigenvalue weighted by Gasteiger charge is 2.10. The van der Waals surface area contributed by atoms with Crippen molar-refractivity contribution in [3.05, 3.63) is 62.7 Å². The molecule has 0 aromatic carbocycles. The van der Waals surface area contributed by atoms with Crippen molar-refractivity contribution in [3.63, 3.8) is 0 Å². The van der Waals surface area contributed by atoms with Crippen LogP contribution in [0, 0.1) is 6.92 Å². The van der Waals surface area contributed by atoms with Crippen molar-refractivity contribution in [1.82, 2.24) is 24.5 Å². The van der Waals surface area contributed by atoms with E-state index >= 15 is 0 Å². The maximum Gasteiger partial charge on any atom is 0.307 e. The summed E-state index contributed by atoms with van der Waals surface area (Å²) in [7, 11) is 0. The Balaban J connectivity index is 1.53. The third-order valence-electron chi connectivity index (χ3n) is 3.82. The fourth-order valence-electron chi connectivity index (χ4n) is 2.44. The zero-order chi connectivity index (χ0) is 16.9. The van der Waals surface area contributed by atoms with Gasteiger partial charge in [-0.25, -0.2) is 0 Å². The van der Waals surface area contributed by atoms with Crippen molar-refractivity contribution in [3.8, 4) is 0 Å². The van der Waals surface area contributed by atoms with Crippen molar-refractivity contribution < 1.29 is 5.11 Å². The van der Waals surface area contributed by atoms with Crippen LogP contribution in [0.25, 0.3) is 0 Å². The minimum absolute atomic E-state index is 0.0475. The summed E-state index contributed by atoms with van der Waals surface area (Å²) in [5.74, 6) is 0. The van der Waals surface area contributed by atoms with Gasteiger partial charge in [-0.3, -0.25) is 14.5 Å². The number of pyridine rings is 1. The van der Waals surface area contributed by atoms with Crippen LogP contribution in [-0.4, -0.2) is 29.7 Å². The zero-order valence-electron chi connectivity index (χ0n) is 13.4. The van der Waals surface area contributed by atoms with Gasteiger partial charge in [0.25, 0.3) is 0 Å². The molecule has 0 saturated carbocycles. The quantitative estimate of drug-likeness (QED) is 0.702. The fraction of sp³-hybridized carbons (Fsp3) is 0.375. The largest absolute Gasteiger partial charge is 0.387 e. The molecule has 126 valence electrons. The monoisotopic (exact) mass is 345 g/mol. The second-order valence-electron chi connectivity index (χ2n) is 5.58. The van der Waals surface area contributed by atoms with Gasteiger partial charge >= 0.3 is 4.87 Å². The maximum absolute atomic E-state index is 11.7. The first-order chi connectivity index (χ1) is 11.6. The number of rotatable bonds is 7. The second-order valence-corrected chi connectivity index (χ2v) is 6.40. The van der Waals surface area contributed by atoms with Gasteiger partial charge in [-0.15, -0.1) is 5.10 Å². The van der Waals surface area contributed by atoms with Crippen molar-refractivity contribution in [1.29, 1.82) is 0 Å². The van der Waals surface area contributed by atoms with Crippen LogP contribution in [0.5, 0.6) is 0 Å². The molecule has 3 heterocycles. The van der Waals surface area contributed by atoms with Gasteiger partial charge in [0.15, 0.2) is 0 Å². The predicted octanol–water partition coefficient (Wildman–Crippen LogP) is 1.57. The molecule has 0 bridgehead atoms. The predicted molar refractivity (Wildman–Crippen MR) is 90.9 cm³/mol. The molecule has 0 radical (unpaired) electrons. The SMILES string of the molecule is Cc1csc(=O)n1CCn1cc(CCC(O)c2ccccn2)nn1. The molecular weight excluding hydrogens is 326 g/mol. The third kappa shape index (κ3) is 3.95. The van der Waals surface area contributed by atoms with E-state index in [9.17, 15) is 9.90 Å². The molecule has 0 spiro atoms. The van der Waals surface area contributed by atoms with Crippen molar-refractivity contribution >= 4 is 11.3 Å². The number of hydrogen-bond donors (Lipinski definition) is 1. The first-order valence-electron chi connectivity index (χ1n) is 7.76. The molecule has 24 heavy (non-hydrogen) atoms. The standard InChI is InChI=1S/C16H19N5O2S/c1-12-11-24-16(23)21(12)9-8-20-10-13(18-19-20)5-6-15(22)14-4-2-3-7-17-14/h2-4,7,10-11,15,22H,5-6,8-9H2,1H3. The minimum atomic E-state index is -0.608. The molecule has 0 amide bonds. The van der Waals surface area contributed by atoms with E-state index in [0.717, 1.165) is 11.4 Å². The minimum Gasteiger partial charge on any atom is -0.387 e. The van der Waals surface area contributed by atoms with Gasteiger partial charge in [0.05, 0.1) is 24.0 Å². The molecule has 3 rings (SSSR count). The summed E-state index contributed by atoms with van der Waals surface area (Å²) in [4.78, 5) is 15.9. The fourth-order valence-corrected chi connectivity index (χ4v) is 3.21. The van der Waals surface area contributed by atoms with Crippen LogP contribution in [-0.2, 0) is 19.5 Å². The molecule has 8 heteroatoms. The van der Waals surface area contributed by atoms with Crippen LogP contribution < -0.4 is 4.87 Å². The van der Waals surface area contributed by atoms with Crippen LogP contribution in [0.15, 0.2) is 40.8 Å². The van der Waals surface area contributed by atoms with E-state index in [4.69, 9.17) is 0 Å². The van der Waals surface area contributed by atoms with Gasteiger partial charge < -0.3 is 9.67 Å². The lowest BCUT2D eigenvalue weighted by Crippen LogP contribution is -2.18. The van der Waals surface area contributed by atoms with Crippen molar-refractivity contribution in [2.24, 2.45) is 0 Å². The van der Waals surface area contributed by atoms with Crippen LogP contribution in [0.1, 0.15) is 29.6 Å². The van der Waals surface area contributed by atoms with Gasteiger partial charge in [0.1, 0.15) is 0 Å². The van der Waals surface area contributed by atoms with E-state index < -0.39 is 6.10 Å². The van der Waals surface area contributed by atoms with Crippen LogP contribution >= 0.6 is 11.3 Å². The molecule has 0 saturated heterocycles. The molecule has 1 atom stereocenters. The van der Waals surface area contributed by atoms with Crippen LogP contribution in [0.3, 0.4) is 0 Å². The number of aromatic nitrogens is 5. The summed E-state index contributed by atoms with van der Waals surface area (Å²) in [6.45, 7) is 3.09. The number of thiazole rings is 1. The molecule has 3 aromatic rings. The van der Waals surface area contributed by atoms with Gasteiger partial charge in [0, 0.05) is 30.0 Å². The summed E-state index contributed by atoms with van der Waals surface area (Å²) in [5.41, 5.74) is 2.44. The number of aryl methyl sites for hydroxylation is 3. The Labute approximate surface area is 143 Å². The van der Waals surface area contributed by atoms with E-state index in [1.807, 2.05) is 36.7 Å². The smallest absolute Gasteiger partial charge is 0.307 e. The Morgan fingerprint density at radius 2 is 2.21 bits per heavy atom. The molecule has 7 nitrogen and oxygen atoms in total. The molecule has 1 unspecified atom stereocenters. The van der Waals surface area contributed by atoms with Gasteiger partial charge in [0.2, 0.25) is 0 Å². The Kier molecular flexibility index (Phi) is 5.17. The lowest BCUT2D eigenvalue weighted by atomic mass is 10.1. The van der Waals surface area contributed by atoms with E-state index in [-0.39, 0.29) is 4.87 Å². The van der Waals surface area contributed by atoms with E-state index in [2.05, 4.69) is 15.3 Å². The van der Waals surface area contributed by atoms with Crippen molar-refractivity contribution in [2.45, 2.75) is 39.0 Å². The average Bonchev–Trinajstić information content (AvgIpc) is 3.18. The molecule has 0 aliphatic rings. The molecule has 0 aliphatic heterocycles. The topological polar surface area (TPSA) is 85.8 Å². The molecular formula is C16H19N5O2S. The summed E-state index contributed by atoms with van der Waals surface area (Å²) < 4.78 is 3.46. The van der Waals surface area contributed by atoms with Gasteiger partial charge in [-0.1, -0.05) is 22.6 Å². The maximum atomic E-state index is 11.7. The Morgan fingerprint density at radius 1 is 1.33 bits per heavy atom. The first kappa shape index (κ1) is 16.5. The van der Waals surface area contributed by atoms with Crippen molar-refractivity contribution in [2.75, 3.05) is 0 Å². The van der Waals surface area contributed by atoms with Crippen LogP contribution in [0.4, 0.5) is 0 Å². The molecule has 3 aromatic heterocycles. The highest BCUT2D eigenvalue weighted by Crippen LogP contribution is 2.15. The Hall–Kier alpha value is -2.32. The number of nitrogens with zero attached hydrogens (tertiary/aromatic N) is 5. The number of aliphatic hydroxyl groups is 1.